The van der Waals surface area contributed by atoms with Gasteiger partial charge < -0.3 is 0 Å². The minimum absolute atomic E-state index is 1.01. The fraction of sp³-hybridized carbons (Fsp3) is 1.00. The molecule has 0 aromatic heterocycles. The molecule has 0 aliphatic heterocycles. The normalized spacial score (nSPS) is 11.4. The molecule has 0 aromatic carbocycles. The van der Waals surface area contributed by atoms with Crippen LogP contribution in [0, 0.1) is 0 Å². The van der Waals surface area contributed by atoms with Crippen molar-refractivity contribution in [1.29, 1.82) is 0 Å². The Bertz CT molecular complexity index is 163. The van der Waals surface area contributed by atoms with Crippen molar-refractivity contribution in [2.24, 2.45) is 0 Å². The molecule has 19 heavy (non-hydrogen) atoms. The van der Waals surface area contributed by atoms with Gasteiger partial charge >= 0.3 is 0 Å². The first kappa shape index (κ1) is 19.8. The Balaban J connectivity index is 2.91. The molecule has 0 rings (SSSR count). The zero-order chi connectivity index (χ0) is 14.2. The molecule has 0 aliphatic rings. The van der Waals surface area contributed by atoms with Crippen LogP contribution in [0.5, 0.6) is 0 Å². The molecule has 0 nitrogen and oxygen atoms in total. The van der Waals surface area contributed by atoms with E-state index in [-0.39, 0.29) is 0 Å². The van der Waals surface area contributed by atoms with Crippen LogP contribution < -0.4 is 0 Å². The summed E-state index contributed by atoms with van der Waals surface area (Å²) in [7, 11) is -1.01. The third-order valence-electron chi connectivity index (χ3n) is 3.72. The summed E-state index contributed by atoms with van der Waals surface area (Å²) in [6, 6.07) is 1.06. The van der Waals surface area contributed by atoms with E-state index in [1.165, 1.54) is 89.9 Å². The molecule has 0 aromatic rings. The van der Waals surface area contributed by atoms with Gasteiger partial charge in [0.05, 0.1) is 0 Å². The number of unbranched alkanes of at least 4 members (excludes halogenated alkanes) is 13. The molecule has 0 N–H and O–H groups in total. The molecule has 0 atom stereocenters. The van der Waals surface area contributed by atoms with Crippen molar-refractivity contribution in [2.45, 2.75) is 103 Å². The minimum Gasteiger partial charge on any atom is -0.147 e. The third-order valence-corrected chi connectivity index (χ3v) is 5.58. The molecule has 0 amide bonds. The summed E-state index contributed by atoms with van der Waals surface area (Å²) < 4.78 is 0. The largest absolute Gasteiger partial charge is 0.273 e. The second-order valence-corrected chi connectivity index (χ2v) is 10.2. The van der Waals surface area contributed by atoms with Crippen LogP contribution in [0.25, 0.3) is 0 Å². The lowest BCUT2D eigenvalue weighted by Crippen LogP contribution is -1.91. The molecule has 0 saturated carbocycles. The van der Waals surface area contributed by atoms with Crippen LogP contribution in [-0.2, 0) is 0 Å². The molecule has 0 spiro atoms. The lowest BCUT2D eigenvalue weighted by atomic mass is 10.0. The third kappa shape index (κ3) is 18.8. The van der Waals surface area contributed by atoms with Gasteiger partial charge in [0.2, 0.25) is 0 Å². The Morgan fingerprint density at radius 3 is 1.16 bits per heavy atom. The van der Waals surface area contributed by atoms with E-state index < -0.39 is 7.42 Å². The van der Waals surface area contributed by atoms with E-state index in [1.54, 1.807) is 0 Å². The minimum atomic E-state index is -1.01. The van der Waals surface area contributed by atoms with Crippen LogP contribution in [0.2, 0.25) is 6.04 Å². The lowest BCUT2D eigenvalue weighted by Gasteiger charge is -2.03. The summed E-state index contributed by atoms with van der Waals surface area (Å²) in [5.74, 6) is 0. The summed E-state index contributed by atoms with van der Waals surface area (Å²) in [4.78, 5) is 0. The van der Waals surface area contributed by atoms with E-state index in [0.717, 1.165) is 6.04 Å². The summed E-state index contributed by atoms with van der Waals surface area (Å²) in [5, 5.41) is 0. The second-order valence-electron chi connectivity index (χ2n) is 5.68. The van der Waals surface area contributed by atoms with Gasteiger partial charge in [0.15, 0.2) is 0 Å². The summed E-state index contributed by atoms with van der Waals surface area (Å²) >= 11 is 11.6. The summed E-state index contributed by atoms with van der Waals surface area (Å²) in [6.07, 6.45) is 19.7. The van der Waals surface area contributed by atoms with Gasteiger partial charge in [0.1, 0.15) is 0 Å². The van der Waals surface area contributed by atoms with Crippen molar-refractivity contribution < 1.29 is 0 Å². The standard InChI is InChI=1S/C16H33Cl2Si/c1-2-3-4-5-6-7-8-9-10-11-12-13-14-15-16-19(17)18/h2-16H2,1H3. The van der Waals surface area contributed by atoms with Crippen molar-refractivity contribution in [1.82, 2.24) is 0 Å². The van der Waals surface area contributed by atoms with Gasteiger partial charge in [0.25, 0.3) is 7.42 Å². The van der Waals surface area contributed by atoms with Crippen molar-refractivity contribution in [3.05, 3.63) is 0 Å². The Labute approximate surface area is 132 Å². The maximum atomic E-state index is 5.80. The molecule has 115 valence electrons. The maximum Gasteiger partial charge on any atom is 0.273 e. The Morgan fingerprint density at radius 1 is 0.526 bits per heavy atom. The maximum absolute atomic E-state index is 5.80. The Kier molecular flexibility index (Phi) is 17.6. The van der Waals surface area contributed by atoms with E-state index in [0.29, 0.717) is 0 Å². The highest BCUT2D eigenvalue weighted by molar-refractivity contribution is 7.33. The SMILES string of the molecule is CCCCCCCCCCCCCCCC[Si](Cl)Cl. The van der Waals surface area contributed by atoms with Gasteiger partial charge in [0, 0.05) is 0 Å². The van der Waals surface area contributed by atoms with E-state index in [2.05, 4.69) is 6.92 Å². The van der Waals surface area contributed by atoms with Crippen LogP contribution in [-0.4, -0.2) is 7.42 Å². The van der Waals surface area contributed by atoms with Crippen molar-refractivity contribution in [2.75, 3.05) is 0 Å². The number of rotatable bonds is 15. The quantitative estimate of drug-likeness (QED) is 0.167. The lowest BCUT2D eigenvalue weighted by molar-refractivity contribution is 0.538. The van der Waals surface area contributed by atoms with Crippen molar-refractivity contribution in [3.8, 4) is 0 Å². The molecular weight excluding hydrogens is 291 g/mol. The predicted octanol–water partition coefficient (Wildman–Crippen LogP) is 7.43. The average molecular weight is 324 g/mol. The highest BCUT2D eigenvalue weighted by Crippen LogP contribution is 2.14. The second kappa shape index (κ2) is 16.9. The molecule has 0 heterocycles. The van der Waals surface area contributed by atoms with Gasteiger partial charge in [-0.1, -0.05) is 96.8 Å². The Morgan fingerprint density at radius 2 is 0.842 bits per heavy atom. The van der Waals surface area contributed by atoms with Crippen molar-refractivity contribution in [3.63, 3.8) is 0 Å². The molecule has 0 unspecified atom stereocenters. The van der Waals surface area contributed by atoms with Gasteiger partial charge in [-0.05, 0) is 6.04 Å². The topological polar surface area (TPSA) is 0 Å². The molecule has 0 aliphatic carbocycles. The van der Waals surface area contributed by atoms with Gasteiger partial charge in [-0.15, -0.1) is 22.2 Å². The fourth-order valence-electron chi connectivity index (χ4n) is 2.45. The van der Waals surface area contributed by atoms with Gasteiger partial charge in [-0.3, -0.25) is 0 Å². The van der Waals surface area contributed by atoms with Gasteiger partial charge in [-0.25, -0.2) is 0 Å². The zero-order valence-corrected chi connectivity index (χ0v) is 15.4. The Hall–Kier alpha value is 0.797. The molecular formula is C16H33Cl2Si. The average Bonchev–Trinajstić information content (AvgIpc) is 2.39. The van der Waals surface area contributed by atoms with Crippen LogP contribution in [0.4, 0.5) is 0 Å². The number of halogens is 2. The number of hydrogen-bond acceptors (Lipinski definition) is 0. The van der Waals surface area contributed by atoms with E-state index in [4.69, 9.17) is 22.2 Å². The highest BCUT2D eigenvalue weighted by Gasteiger charge is 2.01. The van der Waals surface area contributed by atoms with Gasteiger partial charge in [-0.2, -0.15) is 0 Å². The molecule has 0 bridgehead atoms. The highest BCUT2D eigenvalue weighted by atomic mass is 35.7. The molecule has 0 fully saturated rings. The van der Waals surface area contributed by atoms with E-state index in [9.17, 15) is 0 Å². The summed E-state index contributed by atoms with van der Waals surface area (Å²) in [5.41, 5.74) is 0. The van der Waals surface area contributed by atoms with Crippen LogP contribution in [0.3, 0.4) is 0 Å². The van der Waals surface area contributed by atoms with E-state index >= 15 is 0 Å². The monoisotopic (exact) mass is 323 g/mol. The van der Waals surface area contributed by atoms with Crippen LogP contribution in [0.1, 0.15) is 96.8 Å². The van der Waals surface area contributed by atoms with Crippen LogP contribution >= 0.6 is 22.2 Å². The van der Waals surface area contributed by atoms with Crippen LogP contribution in [0.15, 0.2) is 0 Å². The van der Waals surface area contributed by atoms with Crippen molar-refractivity contribution >= 4 is 29.6 Å². The first-order chi connectivity index (χ1) is 9.27. The van der Waals surface area contributed by atoms with E-state index in [1.807, 2.05) is 0 Å². The number of hydrogen-bond donors (Lipinski definition) is 0. The first-order valence-corrected chi connectivity index (χ1v) is 12.2. The predicted molar refractivity (Wildman–Crippen MR) is 92.6 cm³/mol. The fourth-order valence-corrected chi connectivity index (χ4v) is 3.77. The molecule has 3 heteroatoms. The molecule has 0 saturated heterocycles. The first-order valence-electron chi connectivity index (χ1n) is 8.44. The smallest absolute Gasteiger partial charge is 0.147 e. The zero-order valence-electron chi connectivity index (χ0n) is 12.9. The summed E-state index contributed by atoms with van der Waals surface area (Å²) in [6.45, 7) is 2.28. The molecule has 1 radical (unpaired) electrons.